The number of hydrogen-bond acceptors (Lipinski definition) is 4. The molecule has 0 unspecified atom stereocenters. The van der Waals surface area contributed by atoms with Crippen LogP contribution in [0.3, 0.4) is 0 Å². The number of amides is 2. The van der Waals surface area contributed by atoms with Gasteiger partial charge < -0.3 is 4.74 Å². The molecular weight excluding hydrogens is 354 g/mol. The summed E-state index contributed by atoms with van der Waals surface area (Å²) < 4.78 is 5.31. The molecule has 0 radical (unpaired) electrons. The normalized spacial score (nSPS) is 13.0. The number of benzene rings is 2. The van der Waals surface area contributed by atoms with E-state index in [1.54, 1.807) is 24.3 Å². The number of hydrogen-bond donors (Lipinski definition) is 0. The average Bonchev–Trinajstić information content (AvgIpc) is 2.94. The smallest absolute Gasteiger partial charge is 0.338 e. The number of unbranched alkanes of at least 4 members (excludes halogenated alkanes) is 4. The highest BCUT2D eigenvalue weighted by atomic mass is 16.5. The van der Waals surface area contributed by atoms with Crippen molar-refractivity contribution in [3.05, 3.63) is 64.7 Å². The molecule has 0 fully saturated rings. The second-order valence-corrected chi connectivity index (χ2v) is 7.10. The van der Waals surface area contributed by atoms with E-state index in [0.29, 0.717) is 23.4 Å². The first kappa shape index (κ1) is 19.8. The summed E-state index contributed by atoms with van der Waals surface area (Å²) in [5.74, 6) is -1.26. The monoisotopic (exact) mass is 379 g/mol. The van der Waals surface area contributed by atoms with Crippen LogP contribution in [-0.2, 0) is 4.74 Å². The minimum Gasteiger partial charge on any atom is -0.462 e. The summed E-state index contributed by atoms with van der Waals surface area (Å²) in [6, 6.07) is 11.8. The third-order valence-corrected chi connectivity index (χ3v) is 4.86. The second kappa shape index (κ2) is 8.83. The molecule has 1 aliphatic rings. The Bertz CT molecular complexity index is 903. The van der Waals surface area contributed by atoms with Crippen molar-refractivity contribution in [2.45, 2.75) is 46.0 Å². The molecule has 1 heterocycles. The molecule has 146 valence electrons. The molecule has 5 nitrogen and oxygen atoms in total. The number of carbonyl (C=O) groups excluding carboxylic acids is 3. The van der Waals surface area contributed by atoms with Crippen molar-refractivity contribution >= 4 is 23.5 Å². The van der Waals surface area contributed by atoms with Crippen LogP contribution < -0.4 is 4.90 Å². The third-order valence-electron chi connectivity index (χ3n) is 4.86. The summed E-state index contributed by atoms with van der Waals surface area (Å²) in [5, 5.41) is 0. The van der Waals surface area contributed by atoms with Gasteiger partial charge in [0.15, 0.2) is 0 Å². The van der Waals surface area contributed by atoms with Gasteiger partial charge in [-0.05, 0) is 49.2 Å². The predicted octanol–water partition coefficient (Wildman–Crippen LogP) is 4.92. The molecule has 2 aromatic carbocycles. The van der Waals surface area contributed by atoms with Crippen molar-refractivity contribution in [2.75, 3.05) is 11.5 Å². The quantitative estimate of drug-likeness (QED) is 0.371. The van der Waals surface area contributed by atoms with E-state index in [4.69, 9.17) is 4.74 Å². The van der Waals surface area contributed by atoms with Gasteiger partial charge in [-0.25, -0.2) is 9.69 Å². The fraction of sp³-hybridized carbons (Fsp3) is 0.348. The summed E-state index contributed by atoms with van der Waals surface area (Å²) in [6.45, 7) is 4.42. The van der Waals surface area contributed by atoms with Gasteiger partial charge in [-0.1, -0.05) is 44.7 Å². The topological polar surface area (TPSA) is 63.7 Å². The molecule has 0 saturated heterocycles. The summed E-state index contributed by atoms with van der Waals surface area (Å²) in [4.78, 5) is 38.9. The maximum atomic E-state index is 12.8. The lowest BCUT2D eigenvalue weighted by molar-refractivity contribution is 0.0497. The van der Waals surface area contributed by atoms with Gasteiger partial charge in [0.05, 0.1) is 29.0 Å². The molecule has 2 aromatic rings. The highest BCUT2D eigenvalue weighted by molar-refractivity contribution is 6.34. The fourth-order valence-electron chi connectivity index (χ4n) is 3.32. The standard InChI is InChI=1S/C23H25NO4/c1-3-4-5-6-7-13-28-23(27)17-11-12-19-20(15-17)22(26)24(21(19)25)18-10-8-9-16(2)14-18/h8-12,14-15H,3-7,13H2,1-2H3. The largest absolute Gasteiger partial charge is 0.462 e. The van der Waals surface area contributed by atoms with Crippen LogP contribution in [0, 0.1) is 6.92 Å². The van der Waals surface area contributed by atoms with Gasteiger partial charge in [0, 0.05) is 0 Å². The van der Waals surface area contributed by atoms with Gasteiger partial charge in [0.25, 0.3) is 11.8 Å². The molecule has 3 rings (SSSR count). The number of anilines is 1. The maximum Gasteiger partial charge on any atom is 0.338 e. The highest BCUT2D eigenvalue weighted by Crippen LogP contribution is 2.29. The van der Waals surface area contributed by atoms with E-state index in [9.17, 15) is 14.4 Å². The molecule has 0 bridgehead atoms. The zero-order chi connectivity index (χ0) is 20.1. The van der Waals surface area contributed by atoms with Crippen LogP contribution in [-0.4, -0.2) is 24.4 Å². The summed E-state index contributed by atoms with van der Waals surface area (Å²) in [6.07, 6.45) is 5.35. The number of ether oxygens (including phenoxy) is 1. The van der Waals surface area contributed by atoms with Crippen molar-refractivity contribution in [3.63, 3.8) is 0 Å². The number of carbonyl (C=O) groups is 3. The van der Waals surface area contributed by atoms with Gasteiger partial charge in [0.2, 0.25) is 0 Å². The Hall–Kier alpha value is -2.95. The first-order chi connectivity index (χ1) is 13.5. The second-order valence-electron chi connectivity index (χ2n) is 7.10. The van der Waals surface area contributed by atoms with Gasteiger partial charge in [-0.15, -0.1) is 0 Å². The van der Waals surface area contributed by atoms with E-state index in [0.717, 1.165) is 29.7 Å². The number of fused-ring (bicyclic) bond motifs is 1. The van der Waals surface area contributed by atoms with Crippen molar-refractivity contribution in [2.24, 2.45) is 0 Å². The van der Waals surface area contributed by atoms with E-state index >= 15 is 0 Å². The SMILES string of the molecule is CCCCCCCOC(=O)c1ccc2c(c1)C(=O)N(c1cccc(C)c1)C2=O. The van der Waals surface area contributed by atoms with Crippen molar-refractivity contribution in [1.82, 2.24) is 0 Å². The van der Waals surface area contributed by atoms with Crippen LogP contribution in [0.1, 0.15) is 75.7 Å². The van der Waals surface area contributed by atoms with Gasteiger partial charge in [-0.3, -0.25) is 9.59 Å². The molecule has 0 saturated carbocycles. The van der Waals surface area contributed by atoms with Crippen LogP contribution in [0.2, 0.25) is 0 Å². The lowest BCUT2D eigenvalue weighted by Crippen LogP contribution is -2.29. The Kier molecular flexibility index (Phi) is 6.24. The van der Waals surface area contributed by atoms with Gasteiger partial charge >= 0.3 is 5.97 Å². The molecular formula is C23H25NO4. The zero-order valence-electron chi connectivity index (χ0n) is 16.4. The minimum atomic E-state index is -0.465. The summed E-state index contributed by atoms with van der Waals surface area (Å²) in [5.41, 5.74) is 2.32. The van der Waals surface area contributed by atoms with Crippen LogP contribution in [0.5, 0.6) is 0 Å². The average molecular weight is 379 g/mol. The molecule has 5 heteroatoms. The number of nitrogens with zero attached hydrogens (tertiary/aromatic N) is 1. The zero-order valence-corrected chi connectivity index (χ0v) is 16.4. The van der Waals surface area contributed by atoms with Gasteiger partial charge in [0.1, 0.15) is 0 Å². The van der Waals surface area contributed by atoms with E-state index in [2.05, 4.69) is 6.92 Å². The number of imide groups is 1. The van der Waals surface area contributed by atoms with Gasteiger partial charge in [-0.2, -0.15) is 0 Å². The molecule has 0 aromatic heterocycles. The number of rotatable bonds is 8. The van der Waals surface area contributed by atoms with Crippen LogP contribution >= 0.6 is 0 Å². The minimum absolute atomic E-state index is 0.240. The van der Waals surface area contributed by atoms with Crippen molar-refractivity contribution in [3.8, 4) is 0 Å². The lowest BCUT2D eigenvalue weighted by atomic mass is 10.1. The Morgan fingerprint density at radius 1 is 0.929 bits per heavy atom. The Morgan fingerprint density at radius 2 is 1.68 bits per heavy atom. The highest BCUT2D eigenvalue weighted by Gasteiger charge is 2.37. The van der Waals surface area contributed by atoms with Crippen molar-refractivity contribution in [1.29, 1.82) is 0 Å². The first-order valence-electron chi connectivity index (χ1n) is 9.79. The number of aryl methyl sites for hydroxylation is 1. The fourth-order valence-corrected chi connectivity index (χ4v) is 3.32. The molecule has 0 spiro atoms. The van der Waals surface area contributed by atoms with E-state index in [-0.39, 0.29) is 11.5 Å². The number of esters is 1. The van der Waals surface area contributed by atoms with E-state index in [1.807, 2.05) is 13.0 Å². The molecule has 0 aliphatic carbocycles. The van der Waals surface area contributed by atoms with E-state index < -0.39 is 11.9 Å². The predicted molar refractivity (Wildman–Crippen MR) is 108 cm³/mol. The maximum absolute atomic E-state index is 12.8. The molecule has 2 amide bonds. The lowest BCUT2D eigenvalue weighted by Gasteiger charge is -2.14. The summed E-state index contributed by atoms with van der Waals surface area (Å²) in [7, 11) is 0. The van der Waals surface area contributed by atoms with E-state index in [1.165, 1.54) is 25.0 Å². The molecule has 1 aliphatic heterocycles. The Morgan fingerprint density at radius 3 is 2.43 bits per heavy atom. The summed E-state index contributed by atoms with van der Waals surface area (Å²) >= 11 is 0. The van der Waals surface area contributed by atoms with Crippen molar-refractivity contribution < 1.29 is 19.1 Å². The molecule has 0 N–H and O–H groups in total. The Labute approximate surface area is 165 Å². The first-order valence-corrected chi connectivity index (χ1v) is 9.79. The van der Waals surface area contributed by atoms with Crippen LogP contribution in [0.4, 0.5) is 5.69 Å². The van der Waals surface area contributed by atoms with Crippen LogP contribution in [0.25, 0.3) is 0 Å². The third kappa shape index (κ3) is 4.14. The molecule has 28 heavy (non-hydrogen) atoms. The Balaban J connectivity index is 1.70. The van der Waals surface area contributed by atoms with Crippen LogP contribution in [0.15, 0.2) is 42.5 Å². The molecule has 0 atom stereocenters.